The van der Waals surface area contributed by atoms with Crippen LogP contribution in [-0.4, -0.2) is 19.0 Å². The minimum atomic E-state index is -3.36. The third kappa shape index (κ3) is 3.49. The monoisotopic (exact) mass is 246 g/mol. The first kappa shape index (κ1) is 13.0. The van der Waals surface area contributed by atoms with Crippen molar-refractivity contribution in [2.75, 3.05) is 6.61 Å². The summed E-state index contributed by atoms with van der Waals surface area (Å²) in [6, 6.07) is 0. The molecule has 1 heterocycles. The summed E-state index contributed by atoms with van der Waals surface area (Å²) >= 11 is 0. The highest BCUT2D eigenvalue weighted by atomic mass is 19.3. The van der Waals surface area contributed by atoms with Gasteiger partial charge in [0.15, 0.2) is 0 Å². The van der Waals surface area contributed by atoms with Gasteiger partial charge < -0.3 is 0 Å². The maximum Gasteiger partial charge on any atom is 0.485 e. The molecule has 2 aliphatic rings. The molecule has 0 aromatic carbocycles. The summed E-state index contributed by atoms with van der Waals surface area (Å²) in [6.07, 6.45) is 4.59. The summed E-state index contributed by atoms with van der Waals surface area (Å²) in [6.45, 7) is 3.76. The molecule has 0 bridgehead atoms. The van der Waals surface area contributed by atoms with Crippen LogP contribution in [-0.2, 0) is 9.47 Å². The molecule has 1 saturated heterocycles. The molecule has 1 atom stereocenters. The van der Waals surface area contributed by atoms with Gasteiger partial charge in [-0.1, -0.05) is 18.9 Å². The quantitative estimate of drug-likeness (QED) is 0.704. The van der Waals surface area contributed by atoms with Gasteiger partial charge in [-0.15, -0.1) is 15.4 Å². The van der Waals surface area contributed by atoms with Crippen molar-refractivity contribution < 1.29 is 18.3 Å². The standard InChI is InChI=1S/C13H20F2O2/c1-2-3-4-10-5-7-11(8-6-10)12-9-16-13(14,15)17-12/h2,10-12H,1,3-9H2. The summed E-state index contributed by atoms with van der Waals surface area (Å²) < 4.78 is 34.4. The first-order valence-corrected chi connectivity index (χ1v) is 6.41. The van der Waals surface area contributed by atoms with E-state index in [1.165, 1.54) is 6.42 Å². The van der Waals surface area contributed by atoms with Crippen LogP contribution in [0.15, 0.2) is 12.7 Å². The Hall–Kier alpha value is -0.480. The minimum Gasteiger partial charge on any atom is -0.293 e. The van der Waals surface area contributed by atoms with Gasteiger partial charge in [-0.05, 0) is 37.5 Å². The molecule has 0 aromatic heterocycles. The van der Waals surface area contributed by atoms with Crippen molar-refractivity contribution in [2.24, 2.45) is 11.8 Å². The molecular formula is C13H20F2O2. The predicted molar refractivity (Wildman–Crippen MR) is 60.7 cm³/mol. The van der Waals surface area contributed by atoms with Crippen LogP contribution in [0.2, 0.25) is 0 Å². The number of ether oxygens (including phenoxy) is 2. The predicted octanol–water partition coefficient (Wildman–Crippen LogP) is 3.72. The zero-order valence-corrected chi connectivity index (χ0v) is 10.0. The summed E-state index contributed by atoms with van der Waals surface area (Å²) in [5, 5.41) is 0. The normalized spacial score (nSPS) is 36.9. The molecule has 2 fully saturated rings. The largest absolute Gasteiger partial charge is 0.485 e. The molecule has 1 aliphatic heterocycles. The Morgan fingerprint density at radius 1 is 1.24 bits per heavy atom. The third-order valence-electron chi connectivity index (χ3n) is 3.90. The lowest BCUT2D eigenvalue weighted by atomic mass is 9.78. The van der Waals surface area contributed by atoms with Crippen LogP contribution in [0.25, 0.3) is 0 Å². The van der Waals surface area contributed by atoms with E-state index in [4.69, 9.17) is 0 Å². The van der Waals surface area contributed by atoms with Gasteiger partial charge in [0.1, 0.15) is 0 Å². The van der Waals surface area contributed by atoms with Crippen LogP contribution in [0.5, 0.6) is 0 Å². The molecular weight excluding hydrogens is 226 g/mol. The van der Waals surface area contributed by atoms with Crippen molar-refractivity contribution in [3.63, 3.8) is 0 Å². The van der Waals surface area contributed by atoms with Crippen LogP contribution in [0.1, 0.15) is 38.5 Å². The highest BCUT2D eigenvalue weighted by molar-refractivity contribution is 4.81. The van der Waals surface area contributed by atoms with E-state index in [0.29, 0.717) is 0 Å². The van der Waals surface area contributed by atoms with Crippen LogP contribution >= 0.6 is 0 Å². The van der Waals surface area contributed by atoms with E-state index >= 15 is 0 Å². The van der Waals surface area contributed by atoms with E-state index in [2.05, 4.69) is 16.1 Å². The number of rotatable bonds is 4. The molecule has 0 N–H and O–H groups in total. The second-order valence-corrected chi connectivity index (χ2v) is 5.08. The molecule has 0 spiro atoms. The SMILES string of the molecule is C=CCCC1CCC(C2COC(F)(F)O2)CC1. The summed E-state index contributed by atoms with van der Waals surface area (Å²) in [7, 11) is 0. The first-order valence-electron chi connectivity index (χ1n) is 6.41. The minimum absolute atomic E-state index is 0.0367. The van der Waals surface area contributed by atoms with Crippen molar-refractivity contribution in [1.82, 2.24) is 0 Å². The highest BCUT2D eigenvalue weighted by Crippen LogP contribution is 2.38. The fraction of sp³-hybridized carbons (Fsp3) is 0.846. The Balaban J connectivity index is 1.74. The van der Waals surface area contributed by atoms with E-state index < -0.39 is 12.4 Å². The lowest BCUT2D eigenvalue weighted by molar-refractivity contribution is -0.348. The van der Waals surface area contributed by atoms with E-state index in [1.807, 2.05) is 6.08 Å². The molecule has 2 nitrogen and oxygen atoms in total. The molecule has 1 saturated carbocycles. The number of hydrogen-bond donors (Lipinski definition) is 0. The van der Waals surface area contributed by atoms with E-state index in [0.717, 1.165) is 38.0 Å². The van der Waals surface area contributed by atoms with E-state index in [-0.39, 0.29) is 12.5 Å². The summed E-state index contributed by atoms with van der Waals surface area (Å²) in [5.74, 6) is 0.968. The van der Waals surface area contributed by atoms with Gasteiger partial charge in [0.25, 0.3) is 0 Å². The van der Waals surface area contributed by atoms with Gasteiger partial charge >= 0.3 is 6.29 Å². The van der Waals surface area contributed by atoms with Crippen LogP contribution in [0.4, 0.5) is 8.78 Å². The van der Waals surface area contributed by atoms with Gasteiger partial charge in [0.05, 0.1) is 12.7 Å². The molecule has 1 aliphatic carbocycles. The van der Waals surface area contributed by atoms with Crippen LogP contribution in [0.3, 0.4) is 0 Å². The van der Waals surface area contributed by atoms with Crippen molar-refractivity contribution in [2.45, 2.75) is 50.9 Å². The molecule has 0 aromatic rings. The maximum absolute atomic E-state index is 12.7. The van der Waals surface area contributed by atoms with Crippen LogP contribution < -0.4 is 0 Å². The van der Waals surface area contributed by atoms with Crippen molar-refractivity contribution in [3.05, 3.63) is 12.7 Å². The Kier molecular flexibility index (Phi) is 4.15. The fourth-order valence-corrected chi connectivity index (χ4v) is 2.86. The van der Waals surface area contributed by atoms with E-state index in [9.17, 15) is 8.78 Å². The van der Waals surface area contributed by atoms with Crippen molar-refractivity contribution >= 4 is 0 Å². The number of allylic oxidation sites excluding steroid dienone is 1. The second-order valence-electron chi connectivity index (χ2n) is 5.08. The lowest BCUT2D eigenvalue weighted by Gasteiger charge is -2.30. The lowest BCUT2D eigenvalue weighted by Crippen LogP contribution is -2.29. The van der Waals surface area contributed by atoms with Gasteiger partial charge in [0.2, 0.25) is 0 Å². The summed E-state index contributed by atoms with van der Waals surface area (Å²) in [4.78, 5) is 0. The third-order valence-corrected chi connectivity index (χ3v) is 3.90. The van der Waals surface area contributed by atoms with Crippen molar-refractivity contribution in [3.8, 4) is 0 Å². The Bertz CT molecular complexity index is 260. The topological polar surface area (TPSA) is 18.5 Å². The van der Waals surface area contributed by atoms with Crippen molar-refractivity contribution in [1.29, 1.82) is 0 Å². The maximum atomic E-state index is 12.7. The Morgan fingerprint density at radius 3 is 2.47 bits per heavy atom. The van der Waals surface area contributed by atoms with Gasteiger partial charge in [-0.25, -0.2) is 0 Å². The number of halogens is 2. The van der Waals surface area contributed by atoms with E-state index in [1.54, 1.807) is 0 Å². The zero-order chi connectivity index (χ0) is 12.3. The summed E-state index contributed by atoms with van der Waals surface area (Å²) in [5.41, 5.74) is 0. The first-order chi connectivity index (χ1) is 8.11. The molecule has 2 rings (SSSR count). The average molecular weight is 246 g/mol. The smallest absolute Gasteiger partial charge is 0.293 e. The van der Waals surface area contributed by atoms with Gasteiger partial charge in [-0.2, -0.15) is 0 Å². The number of alkyl halides is 2. The fourth-order valence-electron chi connectivity index (χ4n) is 2.86. The molecule has 98 valence electrons. The zero-order valence-electron chi connectivity index (χ0n) is 10.0. The molecule has 0 radical (unpaired) electrons. The van der Waals surface area contributed by atoms with Crippen LogP contribution in [0, 0.1) is 11.8 Å². The van der Waals surface area contributed by atoms with Gasteiger partial charge in [-0.3, -0.25) is 9.47 Å². The highest BCUT2D eigenvalue weighted by Gasteiger charge is 2.46. The molecule has 1 unspecified atom stereocenters. The molecule has 0 amide bonds. The second kappa shape index (κ2) is 5.44. The Labute approximate surface area is 101 Å². The number of hydrogen-bond acceptors (Lipinski definition) is 2. The average Bonchev–Trinajstić information content (AvgIpc) is 2.68. The molecule has 17 heavy (non-hydrogen) atoms. The van der Waals surface area contributed by atoms with Gasteiger partial charge in [0, 0.05) is 0 Å². The molecule has 4 heteroatoms. The Morgan fingerprint density at radius 2 is 1.94 bits per heavy atom.